The number of nitrogens with one attached hydrogen (secondary N) is 2. The SMILES string of the molecule is CCNC(=O)N[C@H]1CN2CC[C@H](O)C2[C@@H](O)[C@@H]1O. The Morgan fingerprint density at radius 3 is 2.72 bits per heavy atom. The van der Waals surface area contributed by atoms with Crippen molar-refractivity contribution in [2.24, 2.45) is 0 Å². The van der Waals surface area contributed by atoms with Crippen molar-refractivity contribution in [2.75, 3.05) is 19.6 Å². The molecule has 2 aliphatic rings. The van der Waals surface area contributed by atoms with Crippen LogP contribution in [0.2, 0.25) is 0 Å². The Morgan fingerprint density at radius 2 is 2.06 bits per heavy atom. The van der Waals surface area contributed by atoms with Crippen molar-refractivity contribution in [2.45, 2.75) is 43.7 Å². The molecule has 0 bridgehead atoms. The maximum atomic E-state index is 11.4. The number of urea groups is 1. The molecule has 18 heavy (non-hydrogen) atoms. The number of fused-ring (bicyclic) bond motifs is 1. The Labute approximate surface area is 106 Å². The molecule has 0 saturated carbocycles. The monoisotopic (exact) mass is 259 g/mol. The number of rotatable bonds is 2. The molecule has 5 N–H and O–H groups in total. The Kier molecular flexibility index (Phi) is 4.06. The Hall–Kier alpha value is -0.890. The molecule has 2 aliphatic heterocycles. The number of nitrogens with zero attached hydrogens (tertiary/aromatic N) is 1. The highest BCUT2D eigenvalue weighted by Gasteiger charge is 2.48. The van der Waals surface area contributed by atoms with Crippen molar-refractivity contribution >= 4 is 6.03 Å². The number of hydrogen-bond donors (Lipinski definition) is 5. The summed E-state index contributed by atoms with van der Waals surface area (Å²) >= 11 is 0. The second-order valence-electron chi connectivity index (χ2n) is 4.93. The molecule has 2 rings (SSSR count). The van der Waals surface area contributed by atoms with Gasteiger partial charge in [-0.1, -0.05) is 0 Å². The first-order chi connectivity index (χ1) is 8.54. The molecule has 5 atom stereocenters. The maximum absolute atomic E-state index is 11.4. The van der Waals surface area contributed by atoms with E-state index >= 15 is 0 Å². The molecule has 0 aliphatic carbocycles. The van der Waals surface area contributed by atoms with Gasteiger partial charge in [-0.2, -0.15) is 0 Å². The fourth-order valence-electron chi connectivity index (χ4n) is 2.83. The fraction of sp³-hybridized carbons (Fsp3) is 0.909. The minimum atomic E-state index is -1.05. The third kappa shape index (κ3) is 2.44. The van der Waals surface area contributed by atoms with E-state index in [9.17, 15) is 20.1 Å². The largest absolute Gasteiger partial charge is 0.391 e. The average Bonchev–Trinajstić information content (AvgIpc) is 2.67. The molecular weight excluding hydrogens is 238 g/mol. The molecule has 7 nitrogen and oxygen atoms in total. The van der Waals surface area contributed by atoms with Crippen molar-refractivity contribution in [1.82, 2.24) is 15.5 Å². The highest BCUT2D eigenvalue weighted by molar-refractivity contribution is 5.74. The standard InChI is InChI=1S/C11H21N3O4/c1-2-12-11(18)13-6-5-14-4-3-7(15)8(14)10(17)9(6)16/h6-10,15-17H,2-5H2,1H3,(H2,12,13,18)/t6-,7-,8?,9+,10+/m0/s1. The molecule has 0 aromatic heterocycles. The average molecular weight is 259 g/mol. The number of amides is 2. The topological polar surface area (TPSA) is 105 Å². The van der Waals surface area contributed by atoms with Gasteiger partial charge >= 0.3 is 6.03 Å². The van der Waals surface area contributed by atoms with E-state index in [1.807, 2.05) is 4.90 Å². The lowest BCUT2D eigenvalue weighted by Gasteiger charge is -2.43. The number of hydrogen-bond acceptors (Lipinski definition) is 5. The molecule has 2 heterocycles. The van der Waals surface area contributed by atoms with E-state index in [-0.39, 0.29) is 6.03 Å². The first-order valence-corrected chi connectivity index (χ1v) is 6.37. The van der Waals surface area contributed by atoms with Gasteiger partial charge in [0.05, 0.1) is 24.3 Å². The van der Waals surface area contributed by atoms with Crippen molar-refractivity contribution in [3.63, 3.8) is 0 Å². The summed E-state index contributed by atoms with van der Waals surface area (Å²) in [7, 11) is 0. The van der Waals surface area contributed by atoms with E-state index in [0.717, 1.165) is 0 Å². The number of carbonyl (C=O) groups is 1. The van der Waals surface area contributed by atoms with Crippen LogP contribution in [-0.4, -0.2) is 76.3 Å². The van der Waals surface area contributed by atoms with Gasteiger partial charge < -0.3 is 26.0 Å². The van der Waals surface area contributed by atoms with Crippen molar-refractivity contribution < 1.29 is 20.1 Å². The van der Waals surface area contributed by atoms with Gasteiger partial charge in [0.1, 0.15) is 6.10 Å². The van der Waals surface area contributed by atoms with E-state index in [0.29, 0.717) is 26.1 Å². The van der Waals surface area contributed by atoms with Gasteiger partial charge in [0.2, 0.25) is 0 Å². The first-order valence-electron chi connectivity index (χ1n) is 6.37. The molecule has 0 radical (unpaired) electrons. The van der Waals surface area contributed by atoms with E-state index < -0.39 is 30.4 Å². The molecule has 104 valence electrons. The Bertz CT molecular complexity index is 315. The third-order valence-corrected chi connectivity index (χ3v) is 3.73. The van der Waals surface area contributed by atoms with Crippen molar-refractivity contribution in [3.05, 3.63) is 0 Å². The highest BCUT2D eigenvalue weighted by Crippen LogP contribution is 2.28. The van der Waals surface area contributed by atoms with E-state index in [2.05, 4.69) is 10.6 Å². The number of carbonyl (C=O) groups excluding carboxylic acids is 1. The van der Waals surface area contributed by atoms with Crippen LogP contribution in [0.25, 0.3) is 0 Å². The zero-order chi connectivity index (χ0) is 13.3. The summed E-state index contributed by atoms with van der Waals surface area (Å²) in [6, 6.07) is -1.30. The minimum absolute atomic E-state index is 0.355. The maximum Gasteiger partial charge on any atom is 0.315 e. The number of piperidine rings is 1. The molecule has 2 saturated heterocycles. The van der Waals surface area contributed by atoms with Gasteiger partial charge in [0.15, 0.2) is 0 Å². The molecule has 2 fully saturated rings. The van der Waals surface area contributed by atoms with Gasteiger partial charge in [-0.25, -0.2) is 4.79 Å². The Morgan fingerprint density at radius 1 is 1.33 bits per heavy atom. The summed E-state index contributed by atoms with van der Waals surface area (Å²) in [5, 5.41) is 35.0. The molecule has 7 heteroatoms. The van der Waals surface area contributed by atoms with Gasteiger partial charge in [0, 0.05) is 19.6 Å². The van der Waals surface area contributed by atoms with Crippen LogP contribution in [0.4, 0.5) is 4.79 Å². The quantitative estimate of drug-likeness (QED) is 0.389. The lowest BCUT2D eigenvalue weighted by molar-refractivity contribution is -0.0992. The van der Waals surface area contributed by atoms with Gasteiger partial charge in [-0.3, -0.25) is 4.90 Å². The second-order valence-corrected chi connectivity index (χ2v) is 4.93. The second kappa shape index (κ2) is 5.40. The summed E-state index contributed by atoms with van der Waals surface area (Å²) < 4.78 is 0. The van der Waals surface area contributed by atoms with Crippen LogP contribution in [0.1, 0.15) is 13.3 Å². The predicted octanol–water partition coefficient (Wildman–Crippen LogP) is -2.16. The van der Waals surface area contributed by atoms with Crippen LogP contribution >= 0.6 is 0 Å². The normalized spacial score (nSPS) is 40.3. The van der Waals surface area contributed by atoms with Gasteiger partial charge in [-0.05, 0) is 13.3 Å². The lowest BCUT2D eigenvalue weighted by Crippen LogP contribution is -2.66. The van der Waals surface area contributed by atoms with Crippen LogP contribution in [0.5, 0.6) is 0 Å². The molecular formula is C11H21N3O4. The Balaban J connectivity index is 2.00. The lowest BCUT2D eigenvalue weighted by atomic mass is 9.91. The summed E-state index contributed by atoms with van der Waals surface area (Å²) in [6.45, 7) is 3.42. The smallest absolute Gasteiger partial charge is 0.315 e. The van der Waals surface area contributed by atoms with Crippen LogP contribution < -0.4 is 10.6 Å². The van der Waals surface area contributed by atoms with Gasteiger partial charge in [-0.15, -0.1) is 0 Å². The summed E-state index contributed by atoms with van der Waals surface area (Å²) in [5.41, 5.74) is 0. The summed E-state index contributed by atoms with van der Waals surface area (Å²) in [5.74, 6) is 0. The first kappa shape index (κ1) is 13.5. The predicted molar refractivity (Wildman–Crippen MR) is 64.0 cm³/mol. The van der Waals surface area contributed by atoms with Crippen LogP contribution in [0, 0.1) is 0 Å². The fourth-order valence-corrected chi connectivity index (χ4v) is 2.83. The van der Waals surface area contributed by atoms with Gasteiger partial charge in [0.25, 0.3) is 0 Å². The summed E-state index contributed by atoms with van der Waals surface area (Å²) in [4.78, 5) is 13.4. The molecule has 0 aromatic carbocycles. The minimum Gasteiger partial charge on any atom is -0.391 e. The molecule has 2 amide bonds. The van der Waals surface area contributed by atoms with Crippen LogP contribution in [0.15, 0.2) is 0 Å². The van der Waals surface area contributed by atoms with E-state index in [1.54, 1.807) is 6.92 Å². The third-order valence-electron chi connectivity index (χ3n) is 3.73. The zero-order valence-electron chi connectivity index (χ0n) is 10.4. The van der Waals surface area contributed by atoms with E-state index in [4.69, 9.17) is 0 Å². The van der Waals surface area contributed by atoms with Crippen molar-refractivity contribution in [1.29, 1.82) is 0 Å². The zero-order valence-corrected chi connectivity index (χ0v) is 10.4. The van der Waals surface area contributed by atoms with Crippen molar-refractivity contribution in [3.8, 4) is 0 Å². The molecule has 0 spiro atoms. The summed E-state index contributed by atoms with van der Waals surface area (Å²) in [6.07, 6.45) is -2.12. The highest BCUT2D eigenvalue weighted by atomic mass is 16.3. The van der Waals surface area contributed by atoms with E-state index in [1.165, 1.54) is 0 Å². The van der Waals surface area contributed by atoms with Crippen LogP contribution in [0.3, 0.4) is 0 Å². The molecule has 1 unspecified atom stereocenters. The number of aliphatic hydroxyl groups is 3. The molecule has 0 aromatic rings. The number of aliphatic hydroxyl groups excluding tert-OH is 3. The van der Waals surface area contributed by atoms with Crippen LogP contribution in [-0.2, 0) is 0 Å².